The number of amides is 2. The molecule has 0 saturated heterocycles. The summed E-state index contributed by atoms with van der Waals surface area (Å²) in [6.07, 6.45) is -0.762. The van der Waals surface area contributed by atoms with Gasteiger partial charge in [-0.05, 0) is 48.9 Å². The first-order valence-electron chi connectivity index (χ1n) is 9.28. The van der Waals surface area contributed by atoms with E-state index in [0.29, 0.717) is 18.0 Å². The first-order chi connectivity index (χ1) is 14.2. The van der Waals surface area contributed by atoms with Crippen molar-refractivity contribution in [2.24, 2.45) is 0 Å². The highest BCUT2D eigenvalue weighted by molar-refractivity contribution is 6.01. The molecule has 0 aliphatic rings. The molecule has 0 spiro atoms. The van der Waals surface area contributed by atoms with E-state index in [1.165, 1.54) is 0 Å². The van der Waals surface area contributed by atoms with Crippen LogP contribution in [0.3, 0.4) is 0 Å². The van der Waals surface area contributed by atoms with Gasteiger partial charge in [0.25, 0.3) is 0 Å². The molecule has 0 atom stereocenters. The summed E-state index contributed by atoms with van der Waals surface area (Å²) < 4.78 is 9.77. The van der Waals surface area contributed by atoms with E-state index in [4.69, 9.17) is 9.47 Å². The van der Waals surface area contributed by atoms with Crippen molar-refractivity contribution in [3.8, 4) is 5.75 Å². The number of hydrogen-bond acceptors (Lipinski definition) is 4. The molecule has 6 nitrogen and oxygen atoms in total. The topological polar surface area (TPSA) is 67.9 Å². The molecular weight excluding hydrogens is 368 g/mol. The molecule has 6 heteroatoms. The predicted octanol–water partition coefficient (Wildman–Crippen LogP) is 5.46. The summed E-state index contributed by atoms with van der Waals surface area (Å²) in [5.41, 5.74) is 2.39. The van der Waals surface area contributed by atoms with E-state index < -0.39 is 6.16 Å². The van der Waals surface area contributed by atoms with Crippen LogP contribution in [-0.2, 0) is 11.3 Å². The number of benzene rings is 3. The van der Waals surface area contributed by atoms with Gasteiger partial charge in [0.15, 0.2) is 0 Å². The van der Waals surface area contributed by atoms with Gasteiger partial charge in [-0.3, -0.25) is 4.90 Å². The lowest BCUT2D eigenvalue weighted by Gasteiger charge is -2.23. The summed E-state index contributed by atoms with van der Waals surface area (Å²) in [5.74, 6) is 0.339. The van der Waals surface area contributed by atoms with Crippen LogP contribution in [0.4, 0.5) is 21.0 Å². The van der Waals surface area contributed by atoms with E-state index in [2.05, 4.69) is 5.32 Å². The fourth-order valence-electron chi connectivity index (χ4n) is 2.70. The summed E-state index contributed by atoms with van der Waals surface area (Å²) in [5, 5.41) is 2.88. The molecule has 3 aromatic carbocycles. The molecule has 0 unspecified atom stereocenters. The number of nitrogens with one attached hydrogen (secondary N) is 1. The normalized spacial score (nSPS) is 10.1. The molecule has 29 heavy (non-hydrogen) atoms. The standard InChI is InChI=1S/C23H22N2O4/c1-2-28-23(27)29-21-15-13-19(14-16-21)24-22(26)25(20-11-7-4-8-12-20)17-18-9-5-3-6-10-18/h3-16H,2,17H2,1H3,(H,24,26). The van der Waals surface area contributed by atoms with E-state index in [1.54, 1.807) is 36.1 Å². The fourth-order valence-corrected chi connectivity index (χ4v) is 2.70. The van der Waals surface area contributed by atoms with Crippen molar-refractivity contribution in [3.05, 3.63) is 90.5 Å². The Hall–Kier alpha value is -3.80. The van der Waals surface area contributed by atoms with Crippen molar-refractivity contribution in [3.63, 3.8) is 0 Å². The van der Waals surface area contributed by atoms with E-state index in [9.17, 15) is 9.59 Å². The zero-order chi connectivity index (χ0) is 20.5. The maximum atomic E-state index is 13.0. The molecule has 1 N–H and O–H groups in total. The van der Waals surface area contributed by atoms with Crippen LogP contribution < -0.4 is 15.0 Å². The van der Waals surface area contributed by atoms with Crippen LogP contribution in [0.5, 0.6) is 5.75 Å². The summed E-state index contributed by atoms with van der Waals surface area (Å²) >= 11 is 0. The van der Waals surface area contributed by atoms with Crippen LogP contribution in [0, 0.1) is 0 Å². The SMILES string of the molecule is CCOC(=O)Oc1ccc(NC(=O)N(Cc2ccccc2)c2ccccc2)cc1. The second kappa shape index (κ2) is 9.94. The summed E-state index contributed by atoms with van der Waals surface area (Å²) in [4.78, 5) is 26.0. The van der Waals surface area contributed by atoms with Crippen molar-refractivity contribution < 1.29 is 19.1 Å². The maximum Gasteiger partial charge on any atom is 0.513 e. The molecule has 2 amide bonds. The minimum atomic E-state index is -0.762. The number of rotatable bonds is 6. The molecule has 0 bridgehead atoms. The molecule has 0 aromatic heterocycles. The van der Waals surface area contributed by atoms with Crippen LogP contribution in [0.15, 0.2) is 84.9 Å². The molecule has 148 valence electrons. The van der Waals surface area contributed by atoms with Gasteiger partial charge in [-0.1, -0.05) is 48.5 Å². The molecule has 0 aliphatic carbocycles. The first kappa shape index (κ1) is 19.9. The lowest BCUT2D eigenvalue weighted by atomic mass is 10.2. The third kappa shape index (κ3) is 5.84. The number of carbonyl (C=O) groups is 2. The zero-order valence-electron chi connectivity index (χ0n) is 16.1. The van der Waals surface area contributed by atoms with Gasteiger partial charge in [0, 0.05) is 11.4 Å². The van der Waals surface area contributed by atoms with E-state index in [-0.39, 0.29) is 12.6 Å². The quantitative estimate of drug-likeness (QED) is 0.448. The number of nitrogens with zero attached hydrogens (tertiary/aromatic N) is 1. The molecule has 3 rings (SSSR count). The highest BCUT2D eigenvalue weighted by Crippen LogP contribution is 2.20. The monoisotopic (exact) mass is 390 g/mol. The second-order valence-corrected chi connectivity index (χ2v) is 6.15. The third-order valence-electron chi connectivity index (χ3n) is 4.07. The Morgan fingerprint density at radius 2 is 1.48 bits per heavy atom. The van der Waals surface area contributed by atoms with Crippen LogP contribution in [0.25, 0.3) is 0 Å². The van der Waals surface area contributed by atoms with E-state index >= 15 is 0 Å². The van der Waals surface area contributed by atoms with Gasteiger partial charge in [-0.15, -0.1) is 0 Å². The molecule has 0 aliphatic heterocycles. The second-order valence-electron chi connectivity index (χ2n) is 6.15. The van der Waals surface area contributed by atoms with Crippen molar-refractivity contribution >= 4 is 23.6 Å². The van der Waals surface area contributed by atoms with Crippen LogP contribution in [-0.4, -0.2) is 18.8 Å². The van der Waals surface area contributed by atoms with Gasteiger partial charge in [0.05, 0.1) is 13.2 Å². The van der Waals surface area contributed by atoms with Crippen molar-refractivity contribution in [1.29, 1.82) is 0 Å². The van der Waals surface area contributed by atoms with E-state index in [1.807, 2.05) is 60.7 Å². The number of hydrogen-bond donors (Lipinski definition) is 1. The van der Waals surface area contributed by atoms with Crippen molar-refractivity contribution in [1.82, 2.24) is 0 Å². The number of ether oxygens (including phenoxy) is 2. The van der Waals surface area contributed by atoms with Gasteiger partial charge in [0.1, 0.15) is 5.75 Å². The molecule has 0 heterocycles. The fraction of sp³-hybridized carbons (Fsp3) is 0.130. The summed E-state index contributed by atoms with van der Waals surface area (Å²) in [6, 6.07) is 25.5. The first-order valence-corrected chi connectivity index (χ1v) is 9.28. The Morgan fingerprint density at radius 3 is 2.10 bits per heavy atom. The number of urea groups is 1. The maximum absolute atomic E-state index is 13.0. The molecule has 0 radical (unpaired) electrons. The predicted molar refractivity (Wildman–Crippen MR) is 112 cm³/mol. The zero-order valence-corrected chi connectivity index (χ0v) is 16.1. The number of para-hydroxylation sites is 1. The average molecular weight is 390 g/mol. The molecule has 0 fully saturated rings. The average Bonchev–Trinajstić information content (AvgIpc) is 2.75. The summed E-state index contributed by atoms with van der Waals surface area (Å²) in [7, 11) is 0. The van der Waals surface area contributed by atoms with E-state index in [0.717, 1.165) is 11.3 Å². The molecular formula is C23H22N2O4. The third-order valence-corrected chi connectivity index (χ3v) is 4.07. The summed E-state index contributed by atoms with van der Waals surface area (Å²) in [6.45, 7) is 2.37. The Morgan fingerprint density at radius 1 is 0.862 bits per heavy atom. The molecule has 0 saturated carbocycles. The Balaban J connectivity index is 1.72. The number of carbonyl (C=O) groups excluding carboxylic acids is 2. The van der Waals surface area contributed by atoms with Gasteiger partial charge in [0.2, 0.25) is 0 Å². The largest absolute Gasteiger partial charge is 0.513 e. The minimum Gasteiger partial charge on any atom is -0.434 e. The smallest absolute Gasteiger partial charge is 0.434 e. The lowest BCUT2D eigenvalue weighted by molar-refractivity contribution is 0.104. The van der Waals surface area contributed by atoms with Gasteiger partial charge in [-0.25, -0.2) is 9.59 Å². The highest BCUT2D eigenvalue weighted by Gasteiger charge is 2.16. The van der Waals surface area contributed by atoms with Crippen molar-refractivity contribution in [2.45, 2.75) is 13.5 Å². The highest BCUT2D eigenvalue weighted by atomic mass is 16.7. The van der Waals surface area contributed by atoms with Crippen LogP contribution >= 0.6 is 0 Å². The Kier molecular flexibility index (Phi) is 6.84. The Bertz CT molecular complexity index is 928. The minimum absolute atomic E-state index is 0.240. The van der Waals surface area contributed by atoms with Crippen molar-refractivity contribution in [2.75, 3.05) is 16.8 Å². The number of anilines is 2. The van der Waals surface area contributed by atoms with Gasteiger partial charge in [-0.2, -0.15) is 0 Å². The lowest BCUT2D eigenvalue weighted by Crippen LogP contribution is -2.34. The van der Waals surface area contributed by atoms with Gasteiger partial charge < -0.3 is 14.8 Å². The van der Waals surface area contributed by atoms with Crippen LogP contribution in [0.2, 0.25) is 0 Å². The van der Waals surface area contributed by atoms with Gasteiger partial charge >= 0.3 is 12.2 Å². The Labute approximate surface area is 169 Å². The molecule has 3 aromatic rings. The van der Waals surface area contributed by atoms with Crippen LogP contribution in [0.1, 0.15) is 12.5 Å².